The van der Waals surface area contributed by atoms with E-state index in [9.17, 15) is 10.1 Å². The van der Waals surface area contributed by atoms with Crippen molar-refractivity contribution in [3.8, 4) is 6.07 Å². The van der Waals surface area contributed by atoms with Crippen LogP contribution in [-0.2, 0) is 4.79 Å². The van der Waals surface area contributed by atoms with E-state index >= 15 is 0 Å². The molecule has 3 heteroatoms. The van der Waals surface area contributed by atoms with Crippen LogP contribution in [0.3, 0.4) is 0 Å². The molecule has 3 nitrogen and oxygen atoms in total. The van der Waals surface area contributed by atoms with Crippen LogP contribution in [0.2, 0.25) is 0 Å². The topological polar surface area (TPSA) is 45.3 Å². The first-order valence-electron chi connectivity index (χ1n) is 8.74. The van der Waals surface area contributed by atoms with E-state index in [1.54, 1.807) is 0 Å². The molecule has 2 aliphatic rings. The van der Waals surface area contributed by atoms with Crippen LogP contribution in [0.4, 0.5) is 0 Å². The zero-order valence-corrected chi connectivity index (χ0v) is 14.4. The molecular weight excluding hydrogens is 284 g/mol. The van der Waals surface area contributed by atoms with Crippen LogP contribution in [0.25, 0.3) is 0 Å². The molecule has 2 fully saturated rings. The highest BCUT2D eigenvalue weighted by atomic mass is 16.1. The van der Waals surface area contributed by atoms with Crippen molar-refractivity contribution in [3.63, 3.8) is 0 Å². The maximum atomic E-state index is 12.8. The Labute approximate surface area is 139 Å². The number of rotatable bonds is 4. The Balaban J connectivity index is 1.74. The van der Waals surface area contributed by atoms with Crippen LogP contribution in [0.1, 0.15) is 51.5 Å². The van der Waals surface area contributed by atoms with Gasteiger partial charge in [0.15, 0.2) is 0 Å². The molecule has 1 aromatic rings. The number of hydrogen-bond acceptors (Lipinski definition) is 2. The Kier molecular flexibility index (Phi) is 4.29. The second-order valence-corrected chi connectivity index (χ2v) is 8.24. The van der Waals surface area contributed by atoms with Crippen LogP contribution in [0, 0.1) is 22.7 Å². The SMILES string of the molecule is C[C@H]1[C@H]2C[C@H](CC(C)(C)C2)[NH+]1CC(=O)[C@@H](C#N)c1ccccc1. The molecule has 122 valence electrons. The maximum Gasteiger partial charge on any atom is 0.208 e. The minimum absolute atomic E-state index is 0.0749. The Morgan fingerprint density at radius 3 is 2.70 bits per heavy atom. The number of fused-ring (bicyclic) bond motifs is 2. The summed E-state index contributed by atoms with van der Waals surface area (Å²) in [6, 6.07) is 12.8. The molecule has 1 aliphatic heterocycles. The van der Waals surface area contributed by atoms with E-state index in [1.807, 2.05) is 30.3 Å². The number of hydrogen-bond donors (Lipinski definition) is 1. The molecule has 23 heavy (non-hydrogen) atoms. The van der Waals surface area contributed by atoms with Gasteiger partial charge in [-0.1, -0.05) is 44.2 Å². The molecular formula is C20H27N2O+. The van der Waals surface area contributed by atoms with Gasteiger partial charge >= 0.3 is 0 Å². The van der Waals surface area contributed by atoms with E-state index in [0.717, 1.165) is 11.5 Å². The number of nitrogens with one attached hydrogen (secondary N) is 1. The quantitative estimate of drug-likeness (QED) is 0.928. The van der Waals surface area contributed by atoms with E-state index in [0.29, 0.717) is 24.0 Å². The van der Waals surface area contributed by atoms with Crippen LogP contribution in [0.15, 0.2) is 30.3 Å². The maximum absolute atomic E-state index is 12.8. The van der Waals surface area contributed by atoms with Crippen molar-refractivity contribution < 1.29 is 9.69 Å². The second-order valence-electron chi connectivity index (χ2n) is 8.24. The zero-order valence-electron chi connectivity index (χ0n) is 14.4. The molecule has 0 aromatic heterocycles. The van der Waals surface area contributed by atoms with Crippen LogP contribution >= 0.6 is 0 Å². The highest BCUT2D eigenvalue weighted by Crippen LogP contribution is 2.41. The smallest absolute Gasteiger partial charge is 0.208 e. The normalized spacial score (nSPS) is 33.0. The Morgan fingerprint density at radius 2 is 2.04 bits per heavy atom. The van der Waals surface area contributed by atoms with Gasteiger partial charge in [0, 0.05) is 18.8 Å². The number of likely N-dealkylation sites (tertiary alicyclic amines) is 1. The molecule has 1 saturated carbocycles. The van der Waals surface area contributed by atoms with Gasteiger partial charge in [0.05, 0.1) is 18.2 Å². The van der Waals surface area contributed by atoms with Gasteiger partial charge in [0.2, 0.25) is 5.78 Å². The number of benzene rings is 1. The first-order valence-corrected chi connectivity index (χ1v) is 8.74. The number of nitriles is 1. The third kappa shape index (κ3) is 3.19. The van der Waals surface area contributed by atoms with Gasteiger partial charge in [-0.3, -0.25) is 4.79 Å². The summed E-state index contributed by atoms with van der Waals surface area (Å²) in [6.45, 7) is 7.49. The van der Waals surface area contributed by atoms with Crippen molar-refractivity contribution in [3.05, 3.63) is 35.9 Å². The highest BCUT2D eigenvalue weighted by Gasteiger charge is 2.51. The molecule has 1 heterocycles. The van der Waals surface area contributed by atoms with Crippen LogP contribution < -0.4 is 4.90 Å². The molecule has 1 aliphatic carbocycles. The molecule has 1 N–H and O–H groups in total. The summed E-state index contributed by atoms with van der Waals surface area (Å²) in [5.74, 6) is 0.180. The number of Topliss-reactive ketones (excluding diaryl/α,β-unsaturated/α-hetero) is 1. The van der Waals surface area contributed by atoms with E-state index in [4.69, 9.17) is 0 Å². The molecule has 0 amide bonds. The van der Waals surface area contributed by atoms with Crippen molar-refractivity contribution in [2.75, 3.05) is 6.54 Å². The minimum Gasteiger partial charge on any atom is -0.324 e. The van der Waals surface area contributed by atoms with E-state index in [-0.39, 0.29) is 5.78 Å². The molecule has 0 radical (unpaired) electrons. The van der Waals surface area contributed by atoms with Gasteiger partial charge in [-0.15, -0.1) is 0 Å². The summed E-state index contributed by atoms with van der Waals surface area (Å²) < 4.78 is 0. The van der Waals surface area contributed by atoms with Gasteiger partial charge in [0.25, 0.3) is 0 Å². The first-order chi connectivity index (χ1) is 10.9. The molecule has 1 saturated heterocycles. The average molecular weight is 311 g/mol. The third-order valence-electron chi connectivity index (χ3n) is 5.98. The number of carbonyl (C=O) groups excluding carboxylic acids is 1. The highest BCUT2D eigenvalue weighted by molar-refractivity contribution is 5.89. The van der Waals surface area contributed by atoms with Gasteiger partial charge in [-0.25, -0.2) is 0 Å². The van der Waals surface area contributed by atoms with Crippen LogP contribution in [-0.4, -0.2) is 24.4 Å². The Hall–Kier alpha value is -1.66. The fourth-order valence-corrected chi connectivity index (χ4v) is 4.92. The molecule has 1 unspecified atom stereocenters. The summed E-state index contributed by atoms with van der Waals surface area (Å²) in [7, 11) is 0. The van der Waals surface area contributed by atoms with Crippen molar-refractivity contribution in [1.29, 1.82) is 5.26 Å². The fourth-order valence-electron chi connectivity index (χ4n) is 4.92. The monoisotopic (exact) mass is 311 g/mol. The summed E-state index contributed by atoms with van der Waals surface area (Å²) in [4.78, 5) is 14.2. The van der Waals surface area contributed by atoms with E-state index < -0.39 is 5.92 Å². The largest absolute Gasteiger partial charge is 0.324 e. The lowest BCUT2D eigenvalue weighted by Gasteiger charge is -2.32. The molecule has 0 spiro atoms. The average Bonchev–Trinajstić information content (AvgIpc) is 2.72. The van der Waals surface area contributed by atoms with Gasteiger partial charge < -0.3 is 4.90 Å². The lowest BCUT2D eigenvalue weighted by molar-refractivity contribution is -0.927. The Bertz CT molecular complexity index is 616. The van der Waals surface area contributed by atoms with Gasteiger partial charge in [0.1, 0.15) is 12.5 Å². The molecule has 1 aromatic carbocycles. The lowest BCUT2D eigenvalue weighted by atomic mass is 9.71. The number of nitrogens with zero attached hydrogens (tertiary/aromatic N) is 1. The van der Waals surface area contributed by atoms with Crippen molar-refractivity contribution in [2.24, 2.45) is 11.3 Å². The predicted molar refractivity (Wildman–Crippen MR) is 90.0 cm³/mol. The standard InChI is InChI=1S/C20H26N2O/c1-14-16-9-17(11-20(2,3)10-16)22(14)13-19(23)18(12-21)15-7-5-4-6-8-15/h4-8,14,16-18H,9-11,13H2,1-3H3/p+1/t14-,16-,17+,18-/m0/s1. The van der Waals surface area contributed by atoms with Crippen LogP contribution in [0.5, 0.6) is 0 Å². The second kappa shape index (κ2) is 6.09. The molecule has 3 rings (SSSR count). The van der Waals surface area contributed by atoms with Crippen molar-refractivity contribution in [2.45, 2.75) is 58.0 Å². The van der Waals surface area contributed by atoms with Crippen molar-refractivity contribution in [1.82, 2.24) is 0 Å². The van der Waals surface area contributed by atoms with Gasteiger partial charge in [-0.05, 0) is 24.3 Å². The number of carbonyl (C=O) groups is 1. The molecule has 5 atom stereocenters. The Morgan fingerprint density at radius 1 is 1.35 bits per heavy atom. The summed E-state index contributed by atoms with van der Waals surface area (Å²) >= 11 is 0. The summed E-state index contributed by atoms with van der Waals surface area (Å²) in [6.07, 6.45) is 3.71. The predicted octanol–water partition coefficient (Wildman–Crippen LogP) is 2.34. The number of quaternary nitrogens is 1. The third-order valence-corrected chi connectivity index (χ3v) is 5.98. The lowest BCUT2D eigenvalue weighted by Crippen LogP contribution is -3.17. The summed E-state index contributed by atoms with van der Waals surface area (Å²) in [5, 5.41) is 9.48. The first kappa shape index (κ1) is 16.2. The zero-order chi connectivity index (χ0) is 16.6. The van der Waals surface area contributed by atoms with E-state index in [2.05, 4.69) is 26.8 Å². The minimum atomic E-state index is -0.621. The summed E-state index contributed by atoms with van der Waals surface area (Å²) in [5.41, 5.74) is 1.22. The van der Waals surface area contributed by atoms with Crippen molar-refractivity contribution >= 4 is 5.78 Å². The van der Waals surface area contributed by atoms with E-state index in [1.165, 1.54) is 24.2 Å². The molecule has 2 bridgehead atoms. The number of ketones is 1. The van der Waals surface area contributed by atoms with Gasteiger partial charge in [-0.2, -0.15) is 5.26 Å². The fraction of sp³-hybridized carbons (Fsp3) is 0.600.